The number of quaternary nitrogens is 1. The number of methoxy groups -OCH3 is 1. The van der Waals surface area contributed by atoms with E-state index in [0.29, 0.717) is 43.3 Å². The summed E-state index contributed by atoms with van der Waals surface area (Å²) in [6.07, 6.45) is -4.35. The summed E-state index contributed by atoms with van der Waals surface area (Å²) in [4.78, 5) is 15.7. The third kappa shape index (κ3) is 5.00. The summed E-state index contributed by atoms with van der Waals surface area (Å²) in [6.45, 7) is 4.36. The molecule has 0 spiro atoms. The van der Waals surface area contributed by atoms with Crippen LogP contribution in [0.4, 0.5) is 24.5 Å². The minimum absolute atomic E-state index is 0.114. The number of hydrogen-bond donors (Lipinski definition) is 2. The van der Waals surface area contributed by atoms with Crippen molar-refractivity contribution in [2.45, 2.75) is 19.1 Å². The SMILES string of the molecule is COc1ccccc1NC(=O)[C@@H](C)[NH+]1CCN(c2cccc(C(F)(F)F)c2)CC1. The molecule has 0 bridgehead atoms. The number of para-hydroxylation sites is 2. The standard InChI is InChI=1S/C21H24F3N3O2/c1-15(20(28)25-18-8-3-4-9-19(18)29-2)26-10-12-27(13-11-26)17-7-5-6-16(14-17)21(22,23)24/h3-9,14-15H,10-13H2,1-2H3,(H,25,28)/p+1/t15-/m1/s1. The van der Waals surface area contributed by atoms with Crippen molar-refractivity contribution in [3.8, 4) is 5.75 Å². The molecule has 0 saturated carbocycles. The van der Waals surface area contributed by atoms with Gasteiger partial charge in [-0.2, -0.15) is 13.2 Å². The van der Waals surface area contributed by atoms with Crippen LogP contribution in [-0.4, -0.2) is 45.2 Å². The van der Waals surface area contributed by atoms with Gasteiger partial charge in [-0.15, -0.1) is 0 Å². The molecule has 1 aliphatic rings. The molecular weight excluding hydrogens is 383 g/mol. The number of halogens is 3. The van der Waals surface area contributed by atoms with Crippen LogP contribution < -0.4 is 19.9 Å². The van der Waals surface area contributed by atoms with Crippen LogP contribution in [0.2, 0.25) is 0 Å². The Morgan fingerprint density at radius 3 is 2.48 bits per heavy atom. The lowest BCUT2D eigenvalue weighted by atomic mass is 10.1. The van der Waals surface area contributed by atoms with Gasteiger partial charge in [0.2, 0.25) is 0 Å². The Morgan fingerprint density at radius 1 is 1.14 bits per heavy atom. The number of carbonyl (C=O) groups is 1. The number of piperazine rings is 1. The van der Waals surface area contributed by atoms with Crippen LogP contribution in [0.15, 0.2) is 48.5 Å². The van der Waals surface area contributed by atoms with Crippen LogP contribution in [0.25, 0.3) is 0 Å². The predicted molar refractivity (Wildman–Crippen MR) is 105 cm³/mol. The highest BCUT2D eigenvalue weighted by Crippen LogP contribution is 2.31. The number of anilines is 2. The lowest BCUT2D eigenvalue weighted by molar-refractivity contribution is -0.914. The first kappa shape index (κ1) is 21.0. The summed E-state index contributed by atoms with van der Waals surface area (Å²) >= 11 is 0. The van der Waals surface area contributed by atoms with Crippen molar-refractivity contribution in [3.63, 3.8) is 0 Å². The number of benzene rings is 2. The molecule has 1 fully saturated rings. The van der Waals surface area contributed by atoms with E-state index in [2.05, 4.69) is 5.32 Å². The summed E-state index contributed by atoms with van der Waals surface area (Å²) in [5.41, 5.74) is 0.535. The van der Waals surface area contributed by atoms with E-state index in [0.717, 1.165) is 11.0 Å². The largest absolute Gasteiger partial charge is 0.495 e. The van der Waals surface area contributed by atoms with E-state index in [1.165, 1.54) is 12.1 Å². The van der Waals surface area contributed by atoms with Crippen LogP contribution in [0.1, 0.15) is 12.5 Å². The van der Waals surface area contributed by atoms with Crippen LogP contribution in [0.5, 0.6) is 5.75 Å². The van der Waals surface area contributed by atoms with E-state index in [4.69, 9.17) is 4.74 Å². The molecule has 2 N–H and O–H groups in total. The maximum absolute atomic E-state index is 12.9. The number of amides is 1. The maximum Gasteiger partial charge on any atom is 0.416 e. The zero-order valence-corrected chi connectivity index (χ0v) is 16.4. The molecule has 0 radical (unpaired) electrons. The summed E-state index contributed by atoms with van der Waals surface area (Å²) < 4.78 is 44.1. The van der Waals surface area contributed by atoms with Crippen molar-refractivity contribution in [1.82, 2.24) is 0 Å². The van der Waals surface area contributed by atoms with Gasteiger partial charge in [0.05, 0.1) is 44.5 Å². The molecule has 1 atom stereocenters. The first-order valence-corrected chi connectivity index (χ1v) is 9.50. The Morgan fingerprint density at radius 2 is 1.83 bits per heavy atom. The van der Waals surface area contributed by atoms with Gasteiger partial charge in [0.25, 0.3) is 5.91 Å². The zero-order chi connectivity index (χ0) is 21.0. The minimum atomic E-state index is -4.35. The molecule has 2 aromatic rings. The molecule has 1 amide bonds. The molecule has 5 nitrogen and oxygen atoms in total. The average molecular weight is 408 g/mol. The van der Waals surface area contributed by atoms with Crippen LogP contribution in [0.3, 0.4) is 0 Å². The smallest absolute Gasteiger partial charge is 0.416 e. The van der Waals surface area contributed by atoms with Gasteiger partial charge < -0.3 is 19.9 Å². The predicted octanol–water partition coefficient (Wildman–Crippen LogP) is 2.45. The molecule has 156 valence electrons. The van der Waals surface area contributed by atoms with Gasteiger partial charge in [-0.3, -0.25) is 4.79 Å². The Balaban J connectivity index is 1.59. The summed E-state index contributed by atoms with van der Waals surface area (Å²) in [6, 6.07) is 12.3. The van der Waals surface area contributed by atoms with Crippen molar-refractivity contribution in [3.05, 3.63) is 54.1 Å². The molecule has 8 heteroatoms. The van der Waals surface area contributed by atoms with Gasteiger partial charge in [-0.25, -0.2) is 0 Å². The van der Waals surface area contributed by atoms with E-state index < -0.39 is 11.7 Å². The van der Waals surface area contributed by atoms with Crippen molar-refractivity contribution in [1.29, 1.82) is 0 Å². The van der Waals surface area contributed by atoms with Gasteiger partial charge in [-0.05, 0) is 37.3 Å². The van der Waals surface area contributed by atoms with Crippen LogP contribution >= 0.6 is 0 Å². The second-order valence-corrected chi connectivity index (χ2v) is 7.10. The highest BCUT2D eigenvalue weighted by molar-refractivity contribution is 5.94. The Labute approximate surface area is 168 Å². The van der Waals surface area contributed by atoms with Gasteiger partial charge in [0.15, 0.2) is 6.04 Å². The first-order valence-electron chi connectivity index (χ1n) is 9.50. The van der Waals surface area contributed by atoms with Crippen LogP contribution in [0, 0.1) is 0 Å². The summed E-state index contributed by atoms with van der Waals surface area (Å²) in [5, 5.41) is 2.90. The fraction of sp³-hybridized carbons (Fsp3) is 0.381. The molecule has 2 aromatic carbocycles. The third-order valence-corrected chi connectivity index (χ3v) is 5.31. The van der Waals surface area contributed by atoms with E-state index in [1.54, 1.807) is 25.3 Å². The fourth-order valence-electron chi connectivity index (χ4n) is 3.54. The average Bonchev–Trinajstić information content (AvgIpc) is 2.73. The molecule has 1 aliphatic heterocycles. The van der Waals surface area contributed by atoms with Crippen LogP contribution in [-0.2, 0) is 11.0 Å². The van der Waals surface area contributed by atoms with Gasteiger partial charge in [0, 0.05) is 5.69 Å². The molecule has 0 aliphatic carbocycles. The lowest BCUT2D eigenvalue weighted by Crippen LogP contribution is -3.19. The lowest BCUT2D eigenvalue weighted by Gasteiger charge is -2.36. The maximum atomic E-state index is 12.9. The van der Waals surface area contributed by atoms with E-state index >= 15 is 0 Å². The Hall–Kier alpha value is -2.74. The monoisotopic (exact) mass is 408 g/mol. The highest BCUT2D eigenvalue weighted by Gasteiger charge is 2.32. The molecule has 1 heterocycles. The summed E-state index contributed by atoms with van der Waals surface area (Å²) in [5.74, 6) is 0.481. The van der Waals surface area contributed by atoms with Crippen molar-refractivity contribution in [2.24, 2.45) is 0 Å². The van der Waals surface area contributed by atoms with Crippen molar-refractivity contribution >= 4 is 17.3 Å². The number of hydrogen-bond acceptors (Lipinski definition) is 3. The number of nitrogens with zero attached hydrogens (tertiary/aromatic N) is 1. The van der Waals surface area contributed by atoms with Gasteiger partial charge >= 0.3 is 6.18 Å². The van der Waals surface area contributed by atoms with E-state index in [-0.39, 0.29) is 11.9 Å². The molecule has 3 rings (SSSR count). The number of alkyl halides is 3. The topological polar surface area (TPSA) is 46.0 Å². The number of carbonyl (C=O) groups excluding carboxylic acids is 1. The fourth-order valence-corrected chi connectivity index (χ4v) is 3.54. The number of ether oxygens (including phenoxy) is 1. The van der Waals surface area contributed by atoms with Gasteiger partial charge in [0.1, 0.15) is 5.75 Å². The van der Waals surface area contributed by atoms with Crippen molar-refractivity contribution in [2.75, 3.05) is 43.5 Å². The normalized spacial score (nSPS) is 16.4. The molecule has 0 aromatic heterocycles. The van der Waals surface area contributed by atoms with E-state index in [9.17, 15) is 18.0 Å². The quantitative estimate of drug-likeness (QED) is 0.799. The molecule has 29 heavy (non-hydrogen) atoms. The zero-order valence-electron chi connectivity index (χ0n) is 16.4. The van der Waals surface area contributed by atoms with Gasteiger partial charge in [-0.1, -0.05) is 18.2 Å². The van der Waals surface area contributed by atoms with Crippen molar-refractivity contribution < 1.29 is 27.6 Å². The number of nitrogens with one attached hydrogen (secondary N) is 2. The third-order valence-electron chi connectivity index (χ3n) is 5.31. The second kappa shape index (κ2) is 8.73. The Bertz CT molecular complexity index is 849. The minimum Gasteiger partial charge on any atom is -0.495 e. The first-order chi connectivity index (χ1) is 13.8. The highest BCUT2D eigenvalue weighted by atomic mass is 19.4. The molecular formula is C21H25F3N3O2+. The molecule has 0 unspecified atom stereocenters. The summed E-state index contributed by atoms with van der Waals surface area (Å²) in [7, 11) is 1.55. The second-order valence-electron chi connectivity index (χ2n) is 7.10. The number of rotatable bonds is 5. The van der Waals surface area contributed by atoms with E-state index in [1.807, 2.05) is 24.0 Å². The Kier molecular flexibility index (Phi) is 6.32. The molecule has 1 saturated heterocycles.